The number of aliphatic hydroxyl groups excluding tert-OH is 2. The zero-order valence-corrected chi connectivity index (χ0v) is 11.2. The number of benzene rings is 1. The molecule has 5 N–H and O–H groups in total. The van der Waals surface area contributed by atoms with Crippen LogP contribution in [0.2, 0.25) is 0 Å². The van der Waals surface area contributed by atoms with Gasteiger partial charge in [-0.3, -0.25) is 0 Å². The molecule has 1 aromatic rings. The molecule has 0 aliphatic heterocycles. The van der Waals surface area contributed by atoms with Crippen LogP contribution in [0.15, 0.2) is 29.4 Å². The van der Waals surface area contributed by atoms with Crippen LogP contribution in [0.4, 0.5) is 0 Å². The van der Waals surface area contributed by atoms with Crippen molar-refractivity contribution in [2.75, 3.05) is 13.2 Å². The van der Waals surface area contributed by atoms with Crippen molar-refractivity contribution in [2.24, 2.45) is 10.9 Å². The van der Waals surface area contributed by atoms with Crippen molar-refractivity contribution in [2.45, 2.75) is 31.7 Å². The molecule has 1 aromatic carbocycles. The van der Waals surface area contributed by atoms with E-state index in [0.717, 1.165) is 11.1 Å². The zero-order valence-electron chi connectivity index (χ0n) is 11.2. The second kappa shape index (κ2) is 7.23. The van der Waals surface area contributed by atoms with Gasteiger partial charge in [0, 0.05) is 0 Å². The van der Waals surface area contributed by atoms with Gasteiger partial charge >= 0.3 is 0 Å². The van der Waals surface area contributed by atoms with E-state index in [9.17, 15) is 0 Å². The minimum Gasteiger partial charge on any atom is -0.411 e. The number of hydrogen-bond donors (Lipinski definition) is 4. The zero-order chi connectivity index (χ0) is 14.3. The summed E-state index contributed by atoms with van der Waals surface area (Å²) < 4.78 is 0. The van der Waals surface area contributed by atoms with Crippen molar-refractivity contribution in [1.82, 2.24) is 0 Å². The van der Waals surface area contributed by atoms with Gasteiger partial charge in [-0.25, -0.2) is 0 Å². The number of hydrogen-bond acceptors (Lipinski definition) is 5. The molecule has 0 radical (unpaired) electrons. The highest BCUT2D eigenvalue weighted by Gasteiger charge is 2.22. The largest absolute Gasteiger partial charge is 0.411 e. The minimum absolute atomic E-state index is 0.237. The topological polar surface area (TPSA) is 99.1 Å². The minimum atomic E-state index is -0.931. The molecular weight excluding hydrogens is 244 g/mol. The molecule has 0 saturated carbocycles. The number of aliphatic hydroxyl groups is 2. The van der Waals surface area contributed by atoms with Gasteiger partial charge in [0.25, 0.3) is 0 Å². The Hall–Kier alpha value is -1.43. The second-order valence-corrected chi connectivity index (χ2v) is 4.78. The SMILES string of the molecule is CC/C(=N/O)c1ccc(CCC(N)(CO)CO)cc1. The van der Waals surface area contributed by atoms with Crippen LogP contribution in [0.1, 0.15) is 30.9 Å². The predicted octanol–water partition coefficient (Wildman–Crippen LogP) is 0.890. The van der Waals surface area contributed by atoms with E-state index in [-0.39, 0.29) is 13.2 Å². The fourth-order valence-electron chi connectivity index (χ4n) is 1.80. The van der Waals surface area contributed by atoms with Crippen molar-refractivity contribution in [3.05, 3.63) is 35.4 Å². The first kappa shape index (κ1) is 15.6. The third-order valence-electron chi connectivity index (χ3n) is 3.28. The second-order valence-electron chi connectivity index (χ2n) is 4.78. The summed E-state index contributed by atoms with van der Waals surface area (Å²) in [6.07, 6.45) is 1.85. The highest BCUT2D eigenvalue weighted by atomic mass is 16.4. The molecule has 106 valence electrons. The number of nitrogens with zero attached hydrogens (tertiary/aromatic N) is 1. The Balaban J connectivity index is 2.68. The molecule has 0 amide bonds. The molecule has 0 saturated heterocycles. The molecule has 5 heteroatoms. The first-order valence-electron chi connectivity index (χ1n) is 6.39. The van der Waals surface area contributed by atoms with E-state index < -0.39 is 5.54 Å². The fourth-order valence-corrected chi connectivity index (χ4v) is 1.80. The Morgan fingerprint density at radius 3 is 2.21 bits per heavy atom. The number of aryl methyl sites for hydroxylation is 1. The normalized spacial score (nSPS) is 12.7. The summed E-state index contributed by atoms with van der Waals surface area (Å²) in [5, 5.41) is 30.3. The number of oxime groups is 1. The Labute approximate surface area is 113 Å². The van der Waals surface area contributed by atoms with Crippen LogP contribution in [-0.2, 0) is 6.42 Å². The Morgan fingerprint density at radius 2 is 1.79 bits per heavy atom. The Bertz CT molecular complexity index is 411. The molecule has 0 fully saturated rings. The van der Waals surface area contributed by atoms with E-state index >= 15 is 0 Å². The fraction of sp³-hybridized carbons (Fsp3) is 0.500. The van der Waals surface area contributed by atoms with E-state index in [0.29, 0.717) is 25.0 Å². The number of rotatable bonds is 7. The van der Waals surface area contributed by atoms with Gasteiger partial charge in [0.15, 0.2) is 0 Å². The van der Waals surface area contributed by atoms with E-state index in [2.05, 4.69) is 5.16 Å². The van der Waals surface area contributed by atoms with E-state index in [4.69, 9.17) is 21.2 Å². The molecule has 1 rings (SSSR count). The number of nitrogens with two attached hydrogens (primary N) is 1. The van der Waals surface area contributed by atoms with Gasteiger partial charge in [-0.2, -0.15) is 0 Å². The lowest BCUT2D eigenvalue weighted by Gasteiger charge is -2.24. The van der Waals surface area contributed by atoms with Crippen LogP contribution < -0.4 is 5.73 Å². The molecule has 0 unspecified atom stereocenters. The van der Waals surface area contributed by atoms with Crippen LogP contribution in [0.3, 0.4) is 0 Å². The molecule has 0 aliphatic rings. The highest BCUT2D eigenvalue weighted by molar-refractivity contribution is 5.99. The molecular formula is C14H22N2O3. The molecule has 0 bridgehead atoms. The predicted molar refractivity (Wildman–Crippen MR) is 74.5 cm³/mol. The van der Waals surface area contributed by atoms with Gasteiger partial charge in [-0.1, -0.05) is 36.3 Å². The van der Waals surface area contributed by atoms with E-state index in [1.165, 1.54) is 0 Å². The summed E-state index contributed by atoms with van der Waals surface area (Å²) in [6.45, 7) is 1.45. The smallest absolute Gasteiger partial charge is 0.0865 e. The molecule has 0 atom stereocenters. The maximum atomic E-state index is 9.12. The lowest BCUT2D eigenvalue weighted by atomic mass is 9.93. The van der Waals surface area contributed by atoms with Gasteiger partial charge in [0.05, 0.1) is 24.5 Å². The molecule has 5 nitrogen and oxygen atoms in total. The van der Waals surface area contributed by atoms with Crippen molar-refractivity contribution in [1.29, 1.82) is 0 Å². The van der Waals surface area contributed by atoms with Gasteiger partial charge < -0.3 is 21.2 Å². The van der Waals surface area contributed by atoms with Crippen molar-refractivity contribution < 1.29 is 15.4 Å². The summed E-state index contributed by atoms with van der Waals surface area (Å²) in [5.41, 5.74) is 7.48. The van der Waals surface area contributed by atoms with Crippen molar-refractivity contribution in [3.8, 4) is 0 Å². The average Bonchev–Trinajstić information content (AvgIpc) is 2.47. The summed E-state index contributed by atoms with van der Waals surface area (Å²) in [5.74, 6) is 0. The average molecular weight is 266 g/mol. The molecule has 0 heterocycles. The highest BCUT2D eigenvalue weighted by Crippen LogP contribution is 2.13. The van der Waals surface area contributed by atoms with Crippen molar-refractivity contribution >= 4 is 5.71 Å². The van der Waals surface area contributed by atoms with Crippen LogP contribution in [0.25, 0.3) is 0 Å². The lowest BCUT2D eigenvalue weighted by Crippen LogP contribution is -2.47. The molecule has 19 heavy (non-hydrogen) atoms. The Morgan fingerprint density at radius 1 is 1.21 bits per heavy atom. The summed E-state index contributed by atoms with van der Waals surface area (Å²) in [6, 6.07) is 7.66. The monoisotopic (exact) mass is 266 g/mol. The van der Waals surface area contributed by atoms with Crippen LogP contribution >= 0.6 is 0 Å². The maximum Gasteiger partial charge on any atom is 0.0865 e. The summed E-state index contributed by atoms with van der Waals surface area (Å²) >= 11 is 0. The standard InChI is InChI=1S/C14H22N2O3/c1-2-13(16-19)12-5-3-11(4-6-12)7-8-14(15,9-17)10-18/h3-6,17-19H,2,7-10,15H2,1H3/b16-13-. The van der Waals surface area contributed by atoms with Gasteiger partial charge in [0.2, 0.25) is 0 Å². The van der Waals surface area contributed by atoms with Crippen LogP contribution in [0.5, 0.6) is 0 Å². The van der Waals surface area contributed by atoms with Crippen molar-refractivity contribution in [3.63, 3.8) is 0 Å². The van der Waals surface area contributed by atoms with Crippen LogP contribution in [-0.4, -0.2) is 39.9 Å². The summed E-state index contributed by atoms with van der Waals surface area (Å²) in [7, 11) is 0. The maximum absolute atomic E-state index is 9.12. The lowest BCUT2D eigenvalue weighted by molar-refractivity contribution is 0.115. The van der Waals surface area contributed by atoms with E-state index in [1.807, 2.05) is 31.2 Å². The van der Waals surface area contributed by atoms with Gasteiger partial charge in [-0.15, -0.1) is 0 Å². The summed E-state index contributed by atoms with van der Waals surface area (Å²) in [4.78, 5) is 0. The first-order chi connectivity index (χ1) is 9.08. The quantitative estimate of drug-likeness (QED) is 0.334. The molecule has 0 aliphatic carbocycles. The van der Waals surface area contributed by atoms with Gasteiger partial charge in [0.1, 0.15) is 0 Å². The molecule has 0 aromatic heterocycles. The molecule has 0 spiro atoms. The van der Waals surface area contributed by atoms with Crippen LogP contribution in [0, 0.1) is 0 Å². The van der Waals surface area contributed by atoms with Gasteiger partial charge in [-0.05, 0) is 30.4 Å². The Kier molecular flexibility index (Phi) is 5.95. The third-order valence-corrected chi connectivity index (χ3v) is 3.28. The third kappa shape index (κ3) is 4.31. The van der Waals surface area contributed by atoms with E-state index in [1.54, 1.807) is 0 Å². The first-order valence-corrected chi connectivity index (χ1v) is 6.39.